The summed E-state index contributed by atoms with van der Waals surface area (Å²) in [6, 6.07) is 6.21. The Morgan fingerprint density at radius 3 is 2.38 bits per heavy atom. The summed E-state index contributed by atoms with van der Waals surface area (Å²) >= 11 is 0. The molecule has 0 amide bonds. The first-order valence-electron chi connectivity index (χ1n) is 6.15. The molecule has 2 heterocycles. The minimum absolute atomic E-state index is 0. The zero-order valence-electron chi connectivity index (χ0n) is 12.0. The van der Waals surface area contributed by atoms with E-state index in [0.717, 1.165) is 16.6 Å². The van der Waals surface area contributed by atoms with E-state index in [-0.39, 0.29) is 31.0 Å². The standard InChI is InChI=1S/C13H16N6.2ClH/c1-10(17(2)3)19-13-6-12(18-8-14-15-9-18)5-4-11(13)7-16-19;;/h4-10H,1-3H3;2*1H. The summed E-state index contributed by atoms with van der Waals surface area (Å²) in [6.07, 6.45) is 5.48. The lowest BCUT2D eigenvalue weighted by Crippen LogP contribution is -2.23. The smallest absolute Gasteiger partial charge is 0.123 e. The lowest BCUT2D eigenvalue weighted by Gasteiger charge is -2.21. The van der Waals surface area contributed by atoms with Gasteiger partial charge in [-0.1, -0.05) is 0 Å². The normalized spacial score (nSPS) is 12.0. The highest BCUT2D eigenvalue weighted by atomic mass is 35.5. The molecule has 3 aromatic rings. The molecule has 2 aromatic heterocycles. The molecule has 21 heavy (non-hydrogen) atoms. The Morgan fingerprint density at radius 2 is 1.76 bits per heavy atom. The molecule has 6 nitrogen and oxygen atoms in total. The first kappa shape index (κ1) is 17.4. The Morgan fingerprint density at radius 1 is 1.10 bits per heavy atom. The zero-order valence-corrected chi connectivity index (χ0v) is 13.7. The fraction of sp³-hybridized carbons (Fsp3) is 0.308. The van der Waals surface area contributed by atoms with Crippen LogP contribution in [0, 0.1) is 0 Å². The van der Waals surface area contributed by atoms with E-state index in [1.54, 1.807) is 12.7 Å². The van der Waals surface area contributed by atoms with Crippen molar-refractivity contribution in [2.24, 2.45) is 0 Å². The van der Waals surface area contributed by atoms with Gasteiger partial charge in [-0.2, -0.15) is 5.10 Å². The van der Waals surface area contributed by atoms with Crippen molar-refractivity contribution in [1.29, 1.82) is 0 Å². The summed E-state index contributed by atoms with van der Waals surface area (Å²) in [5, 5.41) is 13.3. The second-order valence-corrected chi connectivity index (χ2v) is 4.80. The van der Waals surface area contributed by atoms with Gasteiger partial charge in [0.15, 0.2) is 0 Å². The Balaban J connectivity index is 0.00000110. The van der Waals surface area contributed by atoms with E-state index in [9.17, 15) is 0 Å². The minimum Gasteiger partial charge on any atom is -0.288 e. The molecule has 8 heteroatoms. The number of hydrogen-bond acceptors (Lipinski definition) is 4. The van der Waals surface area contributed by atoms with Crippen LogP contribution in [0.4, 0.5) is 0 Å². The van der Waals surface area contributed by atoms with E-state index in [0.29, 0.717) is 0 Å². The van der Waals surface area contributed by atoms with Gasteiger partial charge in [0, 0.05) is 5.39 Å². The third kappa shape index (κ3) is 3.18. The van der Waals surface area contributed by atoms with Crippen LogP contribution in [0.1, 0.15) is 13.1 Å². The van der Waals surface area contributed by atoms with E-state index in [1.165, 1.54) is 0 Å². The van der Waals surface area contributed by atoms with Crippen molar-refractivity contribution in [1.82, 2.24) is 29.4 Å². The Bertz CT molecular complexity index is 692. The average molecular weight is 329 g/mol. The highest BCUT2D eigenvalue weighted by Crippen LogP contribution is 2.21. The molecule has 0 aliphatic rings. The predicted molar refractivity (Wildman–Crippen MR) is 87.5 cm³/mol. The van der Waals surface area contributed by atoms with Crippen LogP contribution in [0.5, 0.6) is 0 Å². The Kier molecular flexibility index (Phi) is 5.71. The van der Waals surface area contributed by atoms with Gasteiger partial charge in [0.2, 0.25) is 0 Å². The molecule has 0 bridgehead atoms. The van der Waals surface area contributed by atoms with Crippen LogP contribution in [0.2, 0.25) is 0 Å². The molecule has 3 rings (SSSR count). The molecule has 0 aliphatic heterocycles. The van der Waals surface area contributed by atoms with Crippen molar-refractivity contribution in [3.05, 3.63) is 37.1 Å². The summed E-state index contributed by atoms with van der Waals surface area (Å²) in [5.41, 5.74) is 2.14. The molecule has 0 N–H and O–H groups in total. The number of nitrogens with zero attached hydrogens (tertiary/aromatic N) is 6. The SMILES string of the molecule is CC(N(C)C)n1ncc2ccc(-n3cnnc3)cc21.Cl.Cl. The van der Waals surface area contributed by atoms with Gasteiger partial charge in [-0.05, 0) is 39.2 Å². The highest BCUT2D eigenvalue weighted by molar-refractivity contribution is 5.85. The largest absolute Gasteiger partial charge is 0.288 e. The summed E-state index contributed by atoms with van der Waals surface area (Å²) in [7, 11) is 4.09. The summed E-state index contributed by atoms with van der Waals surface area (Å²) in [4.78, 5) is 2.12. The van der Waals surface area contributed by atoms with Crippen molar-refractivity contribution in [3.8, 4) is 5.69 Å². The molecular weight excluding hydrogens is 311 g/mol. The summed E-state index contributed by atoms with van der Waals surface area (Å²) < 4.78 is 3.90. The molecular formula is C13H18Cl2N6. The monoisotopic (exact) mass is 328 g/mol. The van der Waals surface area contributed by atoms with Gasteiger partial charge in [0.1, 0.15) is 18.8 Å². The minimum atomic E-state index is 0. The maximum Gasteiger partial charge on any atom is 0.123 e. The molecule has 0 saturated heterocycles. The van der Waals surface area contributed by atoms with Crippen LogP contribution < -0.4 is 0 Å². The van der Waals surface area contributed by atoms with E-state index in [1.807, 2.05) is 35.6 Å². The van der Waals surface area contributed by atoms with Gasteiger partial charge in [0.05, 0.1) is 17.4 Å². The number of benzene rings is 1. The highest BCUT2D eigenvalue weighted by Gasteiger charge is 2.12. The number of fused-ring (bicyclic) bond motifs is 1. The van der Waals surface area contributed by atoms with Gasteiger partial charge in [0.25, 0.3) is 0 Å². The average Bonchev–Trinajstić information content (AvgIpc) is 3.06. The molecule has 0 saturated carbocycles. The maximum atomic E-state index is 4.47. The second-order valence-electron chi connectivity index (χ2n) is 4.80. The van der Waals surface area contributed by atoms with Crippen LogP contribution in [-0.4, -0.2) is 43.5 Å². The lowest BCUT2D eigenvalue weighted by atomic mass is 10.2. The van der Waals surface area contributed by atoms with Crippen LogP contribution >= 0.6 is 24.8 Å². The summed E-state index contributed by atoms with van der Waals surface area (Å²) in [5.74, 6) is 0. The quantitative estimate of drug-likeness (QED) is 0.741. The van der Waals surface area contributed by atoms with Gasteiger partial charge in [-0.3, -0.25) is 9.47 Å². The van der Waals surface area contributed by atoms with E-state index in [2.05, 4.69) is 39.3 Å². The van der Waals surface area contributed by atoms with E-state index in [4.69, 9.17) is 0 Å². The van der Waals surface area contributed by atoms with Gasteiger partial charge in [-0.25, -0.2) is 4.68 Å². The second kappa shape index (κ2) is 6.89. The molecule has 0 spiro atoms. The third-order valence-electron chi connectivity index (χ3n) is 3.40. The van der Waals surface area contributed by atoms with Gasteiger partial charge in [-0.15, -0.1) is 35.0 Å². The first-order chi connectivity index (χ1) is 9.16. The van der Waals surface area contributed by atoms with Gasteiger partial charge >= 0.3 is 0 Å². The van der Waals surface area contributed by atoms with Crippen LogP contribution in [0.3, 0.4) is 0 Å². The lowest BCUT2D eigenvalue weighted by molar-refractivity contribution is 0.226. The van der Waals surface area contributed by atoms with Crippen molar-refractivity contribution in [3.63, 3.8) is 0 Å². The molecule has 114 valence electrons. The fourth-order valence-corrected chi connectivity index (χ4v) is 2.04. The number of halogens is 2. The van der Waals surface area contributed by atoms with Crippen LogP contribution in [-0.2, 0) is 0 Å². The van der Waals surface area contributed by atoms with Crippen molar-refractivity contribution in [2.75, 3.05) is 14.1 Å². The van der Waals surface area contributed by atoms with E-state index < -0.39 is 0 Å². The predicted octanol–water partition coefficient (Wildman–Crippen LogP) is 2.54. The Labute approximate surface area is 135 Å². The molecule has 0 radical (unpaired) electrons. The van der Waals surface area contributed by atoms with Gasteiger partial charge < -0.3 is 0 Å². The first-order valence-corrected chi connectivity index (χ1v) is 6.15. The molecule has 1 atom stereocenters. The number of hydrogen-bond donors (Lipinski definition) is 0. The van der Waals surface area contributed by atoms with Crippen LogP contribution in [0.25, 0.3) is 16.6 Å². The maximum absolute atomic E-state index is 4.47. The van der Waals surface area contributed by atoms with Crippen molar-refractivity contribution < 1.29 is 0 Å². The van der Waals surface area contributed by atoms with Crippen molar-refractivity contribution in [2.45, 2.75) is 13.1 Å². The third-order valence-corrected chi connectivity index (χ3v) is 3.40. The van der Waals surface area contributed by atoms with Crippen molar-refractivity contribution >= 4 is 35.7 Å². The Hall–Kier alpha value is -1.63. The molecule has 1 unspecified atom stereocenters. The molecule has 0 fully saturated rings. The topological polar surface area (TPSA) is 51.8 Å². The number of aromatic nitrogens is 5. The number of rotatable bonds is 3. The molecule has 0 aliphatic carbocycles. The molecule has 1 aromatic carbocycles. The van der Waals surface area contributed by atoms with Crippen LogP contribution in [0.15, 0.2) is 37.1 Å². The van der Waals surface area contributed by atoms with E-state index >= 15 is 0 Å². The summed E-state index contributed by atoms with van der Waals surface area (Å²) in [6.45, 7) is 2.12. The zero-order chi connectivity index (χ0) is 13.4. The fourth-order valence-electron chi connectivity index (χ4n) is 2.04.